The van der Waals surface area contributed by atoms with E-state index in [2.05, 4.69) is 14.7 Å². The first-order valence-corrected chi connectivity index (χ1v) is 14.5. The lowest BCUT2D eigenvalue weighted by Gasteiger charge is -2.44. The van der Waals surface area contributed by atoms with Gasteiger partial charge in [-0.2, -0.15) is 13.2 Å². The summed E-state index contributed by atoms with van der Waals surface area (Å²) in [6.45, 7) is 6.97. The van der Waals surface area contributed by atoms with Crippen molar-refractivity contribution >= 4 is 51.8 Å². The number of anilines is 1. The lowest BCUT2D eigenvalue weighted by Crippen LogP contribution is -2.51. The summed E-state index contributed by atoms with van der Waals surface area (Å²) < 4.78 is 57.6. The molecule has 2 atom stereocenters. The third-order valence-corrected chi connectivity index (χ3v) is 10.5. The Morgan fingerprint density at radius 2 is 1.86 bits per heavy atom. The number of nitrogens with zero attached hydrogens (tertiary/aromatic N) is 3. The molecule has 1 aliphatic heterocycles. The molecule has 1 saturated heterocycles. The second kappa shape index (κ2) is 10.6. The summed E-state index contributed by atoms with van der Waals surface area (Å²) in [6, 6.07) is 4.93. The fourth-order valence-corrected chi connectivity index (χ4v) is 7.23. The standard InChI is InChI=1S/C24H29Cl2F3N4OS2/c1-22(2,3)36(34)32-17-8-5-9-23(17)10-12-33(13-11-23)18-14-30-21(20(31-18)24(27,28)29)35-16-7-4-6-15(25)19(16)26/h4,6-7,14,17,32H,5,8-13H2,1-3H3/t17-,36?/m1/s1. The molecule has 1 aromatic carbocycles. The summed E-state index contributed by atoms with van der Waals surface area (Å²) >= 11 is 13.0. The molecule has 1 unspecified atom stereocenters. The van der Waals surface area contributed by atoms with Crippen LogP contribution in [0.4, 0.5) is 19.0 Å². The SMILES string of the molecule is CC(C)(C)S(=O)N[C@@H]1CCCC12CCN(c1cnc(Sc3cccc(Cl)c3Cl)c(C(F)(F)F)n1)CC2. The van der Waals surface area contributed by atoms with Crippen LogP contribution < -0.4 is 9.62 Å². The van der Waals surface area contributed by atoms with Crippen molar-refractivity contribution in [2.45, 2.75) is 79.8 Å². The summed E-state index contributed by atoms with van der Waals surface area (Å²) in [5, 5.41) is 0.165. The van der Waals surface area contributed by atoms with Gasteiger partial charge in [-0.25, -0.2) is 18.9 Å². The van der Waals surface area contributed by atoms with E-state index in [0.29, 0.717) is 18.0 Å². The van der Waals surface area contributed by atoms with Crippen molar-refractivity contribution < 1.29 is 17.4 Å². The molecule has 2 aliphatic rings. The molecule has 0 amide bonds. The van der Waals surface area contributed by atoms with Crippen molar-refractivity contribution in [1.29, 1.82) is 0 Å². The molecular weight excluding hydrogens is 552 g/mol. The molecule has 198 valence electrons. The maximum atomic E-state index is 14.0. The maximum Gasteiger partial charge on any atom is 0.436 e. The van der Waals surface area contributed by atoms with E-state index in [1.165, 1.54) is 6.20 Å². The van der Waals surface area contributed by atoms with Gasteiger partial charge in [0.25, 0.3) is 0 Å². The van der Waals surface area contributed by atoms with Crippen LogP contribution in [0.2, 0.25) is 10.0 Å². The van der Waals surface area contributed by atoms with Gasteiger partial charge in [0, 0.05) is 24.0 Å². The number of rotatable bonds is 5. The fourth-order valence-electron chi connectivity index (χ4n) is 4.86. The summed E-state index contributed by atoms with van der Waals surface area (Å²) in [7, 11) is -1.17. The molecule has 1 spiro atoms. The average molecular weight is 582 g/mol. The van der Waals surface area contributed by atoms with E-state index < -0.39 is 22.9 Å². The van der Waals surface area contributed by atoms with Crippen LogP contribution in [0.15, 0.2) is 34.3 Å². The van der Waals surface area contributed by atoms with Crippen LogP contribution in [0.3, 0.4) is 0 Å². The van der Waals surface area contributed by atoms with Gasteiger partial charge in [0.05, 0.1) is 32.0 Å². The third kappa shape index (κ3) is 5.98. The smallest absolute Gasteiger partial charge is 0.355 e. The third-order valence-electron chi connectivity index (χ3n) is 6.91. The first-order chi connectivity index (χ1) is 16.8. The van der Waals surface area contributed by atoms with Crippen LogP contribution in [0.25, 0.3) is 0 Å². The summed E-state index contributed by atoms with van der Waals surface area (Å²) in [5.74, 6) is 0.208. The first kappa shape index (κ1) is 28.0. The van der Waals surface area contributed by atoms with Crippen LogP contribution in [0.5, 0.6) is 0 Å². The van der Waals surface area contributed by atoms with Crippen LogP contribution in [-0.4, -0.2) is 38.1 Å². The van der Waals surface area contributed by atoms with Gasteiger partial charge in [-0.05, 0) is 64.0 Å². The second-order valence-electron chi connectivity index (χ2n) is 10.3. The molecule has 0 radical (unpaired) electrons. The van der Waals surface area contributed by atoms with Gasteiger partial charge in [0.1, 0.15) is 10.8 Å². The van der Waals surface area contributed by atoms with Crippen molar-refractivity contribution in [3.8, 4) is 0 Å². The zero-order valence-electron chi connectivity index (χ0n) is 20.3. The molecule has 0 bridgehead atoms. The van der Waals surface area contributed by atoms with E-state index in [-0.39, 0.29) is 37.1 Å². The Hall–Kier alpha value is -1.07. The van der Waals surface area contributed by atoms with Crippen molar-refractivity contribution in [3.05, 3.63) is 40.1 Å². The zero-order chi connectivity index (χ0) is 26.3. The number of halogens is 5. The van der Waals surface area contributed by atoms with Crippen LogP contribution in [0, 0.1) is 5.41 Å². The molecule has 2 heterocycles. The topological polar surface area (TPSA) is 58.1 Å². The van der Waals surface area contributed by atoms with E-state index >= 15 is 0 Å². The Morgan fingerprint density at radius 1 is 1.17 bits per heavy atom. The largest absolute Gasteiger partial charge is 0.436 e. The van der Waals surface area contributed by atoms with Gasteiger partial charge in [0.15, 0.2) is 5.69 Å². The van der Waals surface area contributed by atoms with Crippen LogP contribution >= 0.6 is 35.0 Å². The van der Waals surface area contributed by atoms with E-state index in [9.17, 15) is 17.4 Å². The molecule has 1 aliphatic carbocycles. The van der Waals surface area contributed by atoms with Gasteiger partial charge >= 0.3 is 6.18 Å². The normalized spacial score (nSPS) is 21.2. The predicted octanol–water partition coefficient (Wildman–Crippen LogP) is 7.14. The Bertz CT molecular complexity index is 1140. The average Bonchev–Trinajstić information content (AvgIpc) is 3.17. The molecule has 36 heavy (non-hydrogen) atoms. The molecule has 4 rings (SSSR count). The highest BCUT2D eigenvalue weighted by molar-refractivity contribution is 7.99. The van der Waals surface area contributed by atoms with Crippen LogP contribution in [0.1, 0.15) is 58.6 Å². The molecular formula is C24H29Cl2F3N4OS2. The Balaban J connectivity index is 1.52. The maximum absolute atomic E-state index is 14.0. The Morgan fingerprint density at radius 3 is 2.50 bits per heavy atom. The minimum atomic E-state index is -4.68. The molecule has 1 saturated carbocycles. The van der Waals surface area contributed by atoms with Crippen molar-refractivity contribution in [1.82, 2.24) is 14.7 Å². The minimum Gasteiger partial charge on any atom is -0.355 e. The van der Waals surface area contributed by atoms with Gasteiger partial charge in [-0.1, -0.05) is 47.5 Å². The van der Waals surface area contributed by atoms with Gasteiger partial charge in [0.2, 0.25) is 0 Å². The van der Waals surface area contributed by atoms with Gasteiger partial charge < -0.3 is 4.90 Å². The predicted molar refractivity (Wildman–Crippen MR) is 140 cm³/mol. The molecule has 1 aromatic heterocycles. The highest BCUT2D eigenvalue weighted by atomic mass is 35.5. The van der Waals surface area contributed by atoms with E-state index in [1.807, 2.05) is 25.7 Å². The molecule has 12 heteroatoms. The second-order valence-corrected chi connectivity index (χ2v) is 14.1. The van der Waals surface area contributed by atoms with Crippen molar-refractivity contribution in [2.24, 2.45) is 5.41 Å². The molecule has 5 nitrogen and oxygen atoms in total. The monoisotopic (exact) mass is 580 g/mol. The minimum absolute atomic E-state index is 0.00316. The zero-order valence-corrected chi connectivity index (χ0v) is 23.4. The van der Waals surface area contributed by atoms with E-state index in [0.717, 1.165) is 43.9 Å². The summed E-state index contributed by atoms with van der Waals surface area (Å²) in [5.41, 5.74) is -1.04. The number of nitrogens with one attached hydrogen (secondary N) is 1. The van der Waals surface area contributed by atoms with Gasteiger partial charge in [-0.3, -0.25) is 0 Å². The number of hydrogen-bond donors (Lipinski definition) is 1. The summed E-state index contributed by atoms with van der Waals surface area (Å²) in [4.78, 5) is 10.4. The van der Waals surface area contributed by atoms with E-state index in [1.54, 1.807) is 18.2 Å². The Labute approximate surface area is 226 Å². The first-order valence-electron chi connectivity index (χ1n) is 11.8. The van der Waals surface area contributed by atoms with Crippen molar-refractivity contribution in [2.75, 3.05) is 18.0 Å². The number of piperidine rings is 1. The summed E-state index contributed by atoms with van der Waals surface area (Å²) in [6.07, 6.45) is 1.34. The highest BCUT2D eigenvalue weighted by Crippen LogP contribution is 2.48. The number of aromatic nitrogens is 2. The Kier molecular flexibility index (Phi) is 8.23. The lowest BCUT2D eigenvalue weighted by atomic mass is 9.74. The number of benzene rings is 1. The molecule has 2 fully saturated rings. The van der Waals surface area contributed by atoms with E-state index in [4.69, 9.17) is 23.2 Å². The van der Waals surface area contributed by atoms with Crippen molar-refractivity contribution in [3.63, 3.8) is 0 Å². The molecule has 2 aromatic rings. The van der Waals surface area contributed by atoms with Crippen LogP contribution in [-0.2, 0) is 17.2 Å². The highest BCUT2D eigenvalue weighted by Gasteiger charge is 2.46. The lowest BCUT2D eigenvalue weighted by molar-refractivity contribution is -0.143. The molecule has 1 N–H and O–H groups in total. The number of hydrogen-bond acceptors (Lipinski definition) is 5. The fraction of sp³-hybridized carbons (Fsp3) is 0.583. The quantitative estimate of drug-likeness (QED) is 0.407. The van der Waals surface area contributed by atoms with Gasteiger partial charge in [-0.15, -0.1) is 0 Å². The number of alkyl halides is 3.